The van der Waals surface area contributed by atoms with Crippen LogP contribution in [0.5, 0.6) is 0 Å². The van der Waals surface area contributed by atoms with E-state index in [1.165, 1.54) is 0 Å². The van der Waals surface area contributed by atoms with Crippen LogP contribution in [-0.2, 0) is 4.79 Å². The first kappa shape index (κ1) is 15.8. The maximum absolute atomic E-state index is 12.5. The van der Waals surface area contributed by atoms with Gasteiger partial charge in [0.25, 0.3) is 5.91 Å². The smallest absolute Gasteiger partial charge is 0.303 e. The number of carboxylic acids is 1. The van der Waals surface area contributed by atoms with Gasteiger partial charge in [0.15, 0.2) is 0 Å². The van der Waals surface area contributed by atoms with Gasteiger partial charge in [-0.1, -0.05) is 15.9 Å². The van der Waals surface area contributed by atoms with Gasteiger partial charge in [-0.05, 0) is 59.5 Å². The molecule has 1 saturated heterocycles. The summed E-state index contributed by atoms with van der Waals surface area (Å²) < 4.78 is 1.82. The highest BCUT2D eigenvalue weighted by atomic mass is 127. The van der Waals surface area contributed by atoms with Gasteiger partial charge in [-0.15, -0.1) is 0 Å². The fraction of sp³-hybridized carbons (Fsp3) is 0.429. The number of hydrogen-bond acceptors (Lipinski definition) is 2. The molecule has 1 amide bonds. The number of likely N-dealkylation sites (tertiary alicyclic amines) is 1. The summed E-state index contributed by atoms with van der Waals surface area (Å²) in [6.45, 7) is 1.28. The fourth-order valence-corrected chi connectivity index (χ4v) is 3.35. The topological polar surface area (TPSA) is 57.6 Å². The number of benzene rings is 1. The minimum atomic E-state index is -0.753. The van der Waals surface area contributed by atoms with Crippen LogP contribution in [-0.4, -0.2) is 35.0 Å². The predicted molar refractivity (Wildman–Crippen MR) is 87.7 cm³/mol. The van der Waals surface area contributed by atoms with Crippen molar-refractivity contribution in [3.8, 4) is 0 Å². The van der Waals surface area contributed by atoms with Crippen LogP contribution in [0.4, 0.5) is 0 Å². The number of amides is 1. The zero-order chi connectivity index (χ0) is 14.7. The molecule has 1 fully saturated rings. The van der Waals surface area contributed by atoms with Gasteiger partial charge in [0.05, 0.1) is 5.56 Å². The third-order valence-electron chi connectivity index (χ3n) is 3.52. The summed E-state index contributed by atoms with van der Waals surface area (Å²) in [4.78, 5) is 25.0. The molecule has 108 valence electrons. The Morgan fingerprint density at radius 1 is 1.35 bits per heavy atom. The highest BCUT2D eigenvalue weighted by Crippen LogP contribution is 2.24. The third-order valence-corrected chi connectivity index (χ3v) is 4.96. The van der Waals surface area contributed by atoms with Gasteiger partial charge in [-0.3, -0.25) is 9.59 Å². The molecule has 0 aliphatic carbocycles. The van der Waals surface area contributed by atoms with E-state index in [1.807, 2.05) is 23.1 Å². The average molecular weight is 452 g/mol. The van der Waals surface area contributed by atoms with E-state index in [4.69, 9.17) is 5.11 Å². The Labute approximate surface area is 139 Å². The number of halogens is 2. The van der Waals surface area contributed by atoms with Crippen LogP contribution in [0, 0.1) is 9.49 Å². The summed E-state index contributed by atoms with van der Waals surface area (Å²) in [5.74, 6) is -0.529. The summed E-state index contributed by atoms with van der Waals surface area (Å²) >= 11 is 5.55. The molecule has 1 N–H and O–H groups in total. The zero-order valence-corrected chi connectivity index (χ0v) is 14.6. The van der Waals surface area contributed by atoms with Crippen molar-refractivity contribution < 1.29 is 14.7 Å². The highest BCUT2D eigenvalue weighted by Gasteiger charge is 2.25. The summed E-state index contributed by atoms with van der Waals surface area (Å²) in [5.41, 5.74) is 0.705. The second-order valence-electron chi connectivity index (χ2n) is 4.96. The van der Waals surface area contributed by atoms with Crippen molar-refractivity contribution >= 4 is 50.4 Å². The summed E-state index contributed by atoms with van der Waals surface area (Å²) in [6.07, 6.45) is 1.74. The van der Waals surface area contributed by atoms with E-state index in [0.29, 0.717) is 18.7 Å². The lowest BCUT2D eigenvalue weighted by Crippen LogP contribution is -2.39. The van der Waals surface area contributed by atoms with Crippen LogP contribution >= 0.6 is 38.5 Å². The Bertz CT molecular complexity index is 527. The number of rotatable bonds is 3. The maximum atomic E-state index is 12.5. The quantitative estimate of drug-likeness (QED) is 0.716. The lowest BCUT2D eigenvalue weighted by atomic mass is 9.93. The van der Waals surface area contributed by atoms with Crippen LogP contribution in [0.1, 0.15) is 29.6 Å². The Morgan fingerprint density at radius 3 is 2.60 bits per heavy atom. The van der Waals surface area contributed by atoms with E-state index >= 15 is 0 Å². The van der Waals surface area contributed by atoms with E-state index in [9.17, 15) is 9.59 Å². The number of carboxylic acid groups (broad SMARTS) is 1. The first-order valence-corrected chi connectivity index (χ1v) is 8.30. The molecule has 0 unspecified atom stereocenters. The largest absolute Gasteiger partial charge is 0.481 e. The molecule has 0 radical (unpaired) electrons. The highest BCUT2D eigenvalue weighted by molar-refractivity contribution is 14.1. The van der Waals surface area contributed by atoms with Gasteiger partial charge < -0.3 is 10.0 Å². The first-order valence-electron chi connectivity index (χ1n) is 6.43. The molecule has 0 aromatic heterocycles. The molecule has 0 atom stereocenters. The molecule has 0 bridgehead atoms. The van der Waals surface area contributed by atoms with Gasteiger partial charge in [0, 0.05) is 27.6 Å². The molecule has 2 rings (SSSR count). The molecule has 1 heterocycles. The third kappa shape index (κ3) is 3.94. The molecule has 1 aliphatic heterocycles. The van der Waals surface area contributed by atoms with Crippen molar-refractivity contribution in [1.29, 1.82) is 0 Å². The van der Waals surface area contributed by atoms with Crippen molar-refractivity contribution in [3.63, 3.8) is 0 Å². The number of carbonyl (C=O) groups is 2. The van der Waals surface area contributed by atoms with E-state index < -0.39 is 5.97 Å². The van der Waals surface area contributed by atoms with Crippen LogP contribution in [0.3, 0.4) is 0 Å². The number of nitrogens with zero attached hydrogens (tertiary/aromatic N) is 1. The number of piperidine rings is 1. The van der Waals surface area contributed by atoms with Gasteiger partial charge in [0.2, 0.25) is 0 Å². The van der Waals surface area contributed by atoms with Gasteiger partial charge in [0.1, 0.15) is 0 Å². The normalized spacial score (nSPS) is 16.2. The van der Waals surface area contributed by atoms with Gasteiger partial charge in [-0.2, -0.15) is 0 Å². The zero-order valence-electron chi connectivity index (χ0n) is 10.8. The Hall–Kier alpha value is -0.630. The Balaban J connectivity index is 2.01. The van der Waals surface area contributed by atoms with Crippen LogP contribution in [0.25, 0.3) is 0 Å². The molecule has 4 nitrogen and oxygen atoms in total. The molecule has 1 aliphatic rings. The van der Waals surface area contributed by atoms with Crippen molar-refractivity contribution in [1.82, 2.24) is 4.90 Å². The van der Waals surface area contributed by atoms with E-state index in [0.717, 1.165) is 20.9 Å². The van der Waals surface area contributed by atoms with Crippen LogP contribution in [0.2, 0.25) is 0 Å². The molecule has 0 spiro atoms. The maximum Gasteiger partial charge on any atom is 0.303 e. The number of aliphatic carboxylic acids is 1. The van der Waals surface area contributed by atoms with Gasteiger partial charge >= 0.3 is 5.97 Å². The van der Waals surface area contributed by atoms with Crippen LogP contribution in [0.15, 0.2) is 22.7 Å². The number of hydrogen-bond donors (Lipinski definition) is 1. The summed E-state index contributed by atoms with van der Waals surface area (Å²) in [7, 11) is 0. The fourth-order valence-electron chi connectivity index (χ4n) is 2.42. The molecule has 1 aromatic carbocycles. The molecular formula is C14H15BrINO3. The van der Waals surface area contributed by atoms with Crippen molar-refractivity contribution in [2.75, 3.05) is 13.1 Å². The Morgan fingerprint density at radius 2 is 2.00 bits per heavy atom. The summed E-state index contributed by atoms with van der Waals surface area (Å²) in [5, 5.41) is 8.80. The average Bonchev–Trinajstić information content (AvgIpc) is 2.41. The SMILES string of the molecule is O=C(O)CC1CCN(C(=O)c2cc(Br)ccc2I)CC1. The Kier molecular flexibility index (Phi) is 5.42. The minimum Gasteiger partial charge on any atom is -0.481 e. The molecule has 0 saturated carbocycles. The summed E-state index contributed by atoms with van der Waals surface area (Å²) in [6, 6.07) is 5.67. The van der Waals surface area contributed by atoms with Crippen molar-refractivity contribution in [2.24, 2.45) is 5.92 Å². The van der Waals surface area contributed by atoms with E-state index in [-0.39, 0.29) is 18.2 Å². The van der Waals surface area contributed by atoms with Crippen molar-refractivity contribution in [2.45, 2.75) is 19.3 Å². The minimum absolute atomic E-state index is 0.0319. The first-order chi connectivity index (χ1) is 9.47. The predicted octanol–water partition coefficient (Wildman–Crippen LogP) is 3.38. The lowest BCUT2D eigenvalue weighted by Gasteiger charge is -2.31. The monoisotopic (exact) mass is 451 g/mol. The lowest BCUT2D eigenvalue weighted by molar-refractivity contribution is -0.138. The molecule has 20 heavy (non-hydrogen) atoms. The molecular weight excluding hydrogens is 437 g/mol. The second kappa shape index (κ2) is 6.89. The van der Waals surface area contributed by atoms with Crippen molar-refractivity contribution in [3.05, 3.63) is 31.8 Å². The standard InChI is InChI=1S/C14H15BrINO3/c15-10-1-2-12(16)11(8-10)14(20)17-5-3-9(4-6-17)7-13(18)19/h1-2,8-9H,3-7H2,(H,18,19). The van der Waals surface area contributed by atoms with E-state index in [1.54, 1.807) is 0 Å². The molecule has 1 aromatic rings. The van der Waals surface area contributed by atoms with Gasteiger partial charge in [-0.25, -0.2) is 0 Å². The second-order valence-corrected chi connectivity index (χ2v) is 7.04. The van der Waals surface area contributed by atoms with Crippen LogP contribution < -0.4 is 0 Å². The van der Waals surface area contributed by atoms with E-state index in [2.05, 4.69) is 38.5 Å². The molecule has 6 heteroatoms. The number of carbonyl (C=O) groups excluding carboxylic acids is 1.